The molecule has 3 aromatic heterocycles. The average Bonchev–Trinajstić information content (AvgIpc) is 3.64. The molecule has 228 valence electrons. The van der Waals surface area contributed by atoms with Gasteiger partial charge in [-0.1, -0.05) is 25.1 Å². The number of nitrogens with one attached hydrogen (secondary N) is 2. The number of nitrogens with zero attached hydrogens (tertiary/aromatic N) is 5. The van der Waals surface area contributed by atoms with Gasteiger partial charge in [0.15, 0.2) is 5.82 Å². The van der Waals surface area contributed by atoms with Crippen molar-refractivity contribution in [3.8, 4) is 11.1 Å². The van der Waals surface area contributed by atoms with E-state index in [9.17, 15) is 19.2 Å². The van der Waals surface area contributed by atoms with E-state index < -0.39 is 11.9 Å². The Morgan fingerprint density at radius 1 is 0.956 bits per heavy atom. The molecule has 0 bridgehead atoms. The quantitative estimate of drug-likeness (QED) is 0.265. The van der Waals surface area contributed by atoms with Gasteiger partial charge in [0, 0.05) is 60.1 Å². The summed E-state index contributed by atoms with van der Waals surface area (Å²) in [6, 6.07) is 16.6. The molecular weight excluding hydrogens is 574 g/mol. The number of hydrogen-bond acceptors (Lipinski definition) is 7. The Labute approximate surface area is 258 Å². The smallest absolute Gasteiger partial charge is 0.290 e. The highest BCUT2D eigenvalue weighted by atomic mass is 16.5. The summed E-state index contributed by atoms with van der Waals surface area (Å²) in [6.45, 7) is 5.41. The van der Waals surface area contributed by atoms with Crippen molar-refractivity contribution in [3.63, 3.8) is 0 Å². The van der Waals surface area contributed by atoms with Crippen molar-refractivity contribution in [1.29, 1.82) is 0 Å². The number of aromatic nitrogens is 4. The zero-order valence-electron chi connectivity index (χ0n) is 25.4. The summed E-state index contributed by atoms with van der Waals surface area (Å²) in [4.78, 5) is 59.1. The number of carbonyl (C=O) groups is 3. The first-order valence-electron chi connectivity index (χ1n) is 14.4. The van der Waals surface area contributed by atoms with Gasteiger partial charge in [0.2, 0.25) is 0 Å². The topological polar surface area (TPSA) is 144 Å². The van der Waals surface area contributed by atoms with E-state index in [4.69, 9.17) is 4.52 Å². The molecule has 0 unspecified atom stereocenters. The molecule has 5 aromatic rings. The Morgan fingerprint density at radius 3 is 2.36 bits per heavy atom. The first-order chi connectivity index (χ1) is 21.5. The summed E-state index contributed by atoms with van der Waals surface area (Å²) in [7, 11) is 3.31. The molecule has 12 nitrogen and oxygen atoms in total. The van der Waals surface area contributed by atoms with Gasteiger partial charge in [0.05, 0.1) is 11.6 Å². The number of carbonyl (C=O) groups excluding carboxylic acids is 3. The zero-order chi connectivity index (χ0) is 32.0. The lowest BCUT2D eigenvalue weighted by Gasteiger charge is -2.25. The maximum atomic E-state index is 13.8. The van der Waals surface area contributed by atoms with Crippen molar-refractivity contribution in [2.75, 3.05) is 15.5 Å². The van der Waals surface area contributed by atoms with Gasteiger partial charge in [-0.15, -0.1) is 0 Å². The van der Waals surface area contributed by atoms with Crippen molar-refractivity contribution >= 4 is 34.9 Å². The highest BCUT2D eigenvalue weighted by Crippen LogP contribution is 2.41. The van der Waals surface area contributed by atoms with Crippen molar-refractivity contribution in [2.24, 2.45) is 14.1 Å². The molecule has 0 spiro atoms. The Hall–Kier alpha value is -5.78. The van der Waals surface area contributed by atoms with E-state index in [-0.39, 0.29) is 23.1 Å². The van der Waals surface area contributed by atoms with Gasteiger partial charge >= 0.3 is 0 Å². The molecule has 2 aromatic carbocycles. The predicted molar refractivity (Wildman–Crippen MR) is 168 cm³/mol. The fourth-order valence-electron chi connectivity index (χ4n) is 5.77. The Morgan fingerprint density at radius 2 is 1.71 bits per heavy atom. The van der Waals surface area contributed by atoms with Crippen molar-refractivity contribution in [1.82, 2.24) is 19.5 Å². The van der Waals surface area contributed by atoms with Gasteiger partial charge in [-0.25, -0.2) is 4.98 Å². The maximum absolute atomic E-state index is 13.8. The summed E-state index contributed by atoms with van der Waals surface area (Å²) in [5.74, 6) is -0.199. The molecule has 2 N–H and O–H groups in total. The van der Waals surface area contributed by atoms with E-state index >= 15 is 0 Å². The molecule has 1 aliphatic rings. The van der Waals surface area contributed by atoms with Crippen molar-refractivity contribution in [3.05, 3.63) is 111 Å². The number of amides is 3. The van der Waals surface area contributed by atoms with Gasteiger partial charge < -0.3 is 20.1 Å². The fraction of sp³-hybridized carbons (Fsp3) is 0.212. The highest BCUT2D eigenvalue weighted by Gasteiger charge is 2.40. The van der Waals surface area contributed by atoms with Crippen LogP contribution in [-0.4, -0.2) is 37.2 Å². The fourth-order valence-corrected chi connectivity index (χ4v) is 5.77. The molecule has 0 aliphatic carbocycles. The van der Waals surface area contributed by atoms with Crippen LogP contribution in [0.5, 0.6) is 0 Å². The minimum absolute atomic E-state index is 0.144. The zero-order valence-corrected chi connectivity index (χ0v) is 25.4. The second-order valence-electron chi connectivity index (χ2n) is 10.9. The molecule has 0 saturated heterocycles. The van der Waals surface area contributed by atoms with E-state index in [2.05, 4.69) is 20.7 Å². The van der Waals surface area contributed by atoms with Crippen LogP contribution in [0.1, 0.15) is 67.6 Å². The minimum atomic E-state index is -0.494. The van der Waals surface area contributed by atoms with Crippen molar-refractivity contribution in [2.45, 2.75) is 33.2 Å². The highest BCUT2D eigenvalue weighted by molar-refractivity contribution is 6.15. The second-order valence-corrected chi connectivity index (χ2v) is 10.9. The molecule has 12 heteroatoms. The Kier molecular flexibility index (Phi) is 7.41. The van der Waals surface area contributed by atoms with E-state index in [1.807, 2.05) is 6.92 Å². The number of hydrogen-bond donors (Lipinski definition) is 2. The summed E-state index contributed by atoms with van der Waals surface area (Å²) in [5, 5.41) is 9.75. The SMILES string of the molecule is CC[C@@H]1c2c(cc(C)nc2C(=O)Nc2cccc(C(=O)Nc3ccn(C)n3)c2)C(=O)N1c1ccc(-c2c(C)on(C)c2=O)cc1. The largest absolute Gasteiger partial charge is 0.381 e. The van der Waals surface area contributed by atoms with Crippen LogP contribution >= 0.6 is 0 Å². The molecule has 0 fully saturated rings. The lowest BCUT2D eigenvalue weighted by Crippen LogP contribution is -2.28. The number of fused-ring (bicyclic) bond motifs is 1. The lowest BCUT2D eigenvalue weighted by molar-refractivity contribution is 0.0988. The molecule has 1 aliphatic heterocycles. The minimum Gasteiger partial charge on any atom is -0.381 e. The van der Waals surface area contributed by atoms with Crippen LogP contribution in [0.4, 0.5) is 17.2 Å². The molecule has 3 amide bonds. The monoisotopic (exact) mass is 605 g/mol. The van der Waals surface area contributed by atoms with Gasteiger partial charge in [-0.05, 0) is 62.2 Å². The van der Waals surface area contributed by atoms with Crippen LogP contribution in [0.25, 0.3) is 11.1 Å². The van der Waals surface area contributed by atoms with Crippen LogP contribution in [-0.2, 0) is 14.1 Å². The third kappa shape index (κ3) is 5.30. The van der Waals surface area contributed by atoms with Crippen LogP contribution < -0.4 is 21.1 Å². The van der Waals surface area contributed by atoms with Crippen LogP contribution in [0.3, 0.4) is 0 Å². The molecule has 4 heterocycles. The van der Waals surface area contributed by atoms with Gasteiger partial charge in [-0.2, -0.15) is 9.84 Å². The molecule has 45 heavy (non-hydrogen) atoms. The van der Waals surface area contributed by atoms with E-state index in [1.165, 1.54) is 4.74 Å². The number of anilines is 3. The second kappa shape index (κ2) is 11.4. The molecule has 6 rings (SSSR count). The summed E-state index contributed by atoms with van der Waals surface area (Å²) in [5.41, 5.74) is 3.87. The Balaban J connectivity index is 1.28. The van der Waals surface area contributed by atoms with Crippen LogP contribution in [0.15, 0.2) is 76.2 Å². The molecule has 1 atom stereocenters. The average molecular weight is 606 g/mol. The summed E-state index contributed by atoms with van der Waals surface area (Å²) < 4.78 is 8.19. The van der Waals surface area contributed by atoms with E-state index in [0.29, 0.717) is 62.9 Å². The number of pyridine rings is 1. The van der Waals surface area contributed by atoms with Crippen molar-refractivity contribution < 1.29 is 18.9 Å². The molecule has 0 saturated carbocycles. The number of aryl methyl sites for hydroxylation is 4. The Bertz CT molecular complexity index is 2040. The lowest BCUT2D eigenvalue weighted by atomic mass is 9.99. The first kappa shape index (κ1) is 29.3. The normalized spacial score (nSPS) is 14.0. The molecule has 0 radical (unpaired) electrons. The molecular formula is C33H31N7O5. The number of rotatable bonds is 7. The standard InChI is InChI=1S/C33H31N7O5/c1-6-25-28-24(32(43)40(25)23-12-10-20(11-13-23)27-19(3)45-39(5)33(27)44)16-18(2)34-29(28)31(42)35-22-9-7-8-21(17-22)30(41)36-26-14-15-38(4)37-26/h7-17,25H,6H2,1-5H3,(H,35,42)(H,36,37,41)/t25-/m1/s1. The van der Waals surface area contributed by atoms with Crippen LogP contribution in [0, 0.1) is 13.8 Å². The first-order valence-corrected chi connectivity index (χ1v) is 14.4. The van der Waals surface area contributed by atoms with E-state index in [0.717, 1.165) is 0 Å². The third-order valence-electron chi connectivity index (χ3n) is 7.78. The van der Waals surface area contributed by atoms with Gasteiger partial charge in [-0.3, -0.25) is 23.9 Å². The number of benzene rings is 2. The summed E-state index contributed by atoms with van der Waals surface area (Å²) in [6.07, 6.45) is 2.24. The van der Waals surface area contributed by atoms with Gasteiger partial charge in [0.25, 0.3) is 23.3 Å². The summed E-state index contributed by atoms with van der Waals surface area (Å²) >= 11 is 0. The third-order valence-corrected chi connectivity index (χ3v) is 7.78. The van der Waals surface area contributed by atoms with Crippen LogP contribution in [0.2, 0.25) is 0 Å². The maximum Gasteiger partial charge on any atom is 0.290 e. The van der Waals surface area contributed by atoms with Gasteiger partial charge in [0.1, 0.15) is 11.5 Å². The van der Waals surface area contributed by atoms with E-state index in [1.54, 1.807) is 104 Å². The predicted octanol–water partition coefficient (Wildman–Crippen LogP) is 5.01.